The lowest BCUT2D eigenvalue weighted by Gasteiger charge is -2.32. The molecular formula is C23H27ClN2O4. The van der Waals surface area contributed by atoms with Gasteiger partial charge in [0.05, 0.1) is 0 Å². The Kier molecular flexibility index (Phi) is 7.97. The Morgan fingerprint density at radius 2 is 1.73 bits per heavy atom. The van der Waals surface area contributed by atoms with Crippen LogP contribution < -0.4 is 14.8 Å². The van der Waals surface area contributed by atoms with Crippen molar-refractivity contribution < 1.29 is 19.1 Å². The second-order valence-corrected chi connectivity index (χ2v) is 7.65. The molecule has 0 radical (unpaired) electrons. The van der Waals surface area contributed by atoms with E-state index in [1.54, 1.807) is 29.2 Å². The van der Waals surface area contributed by atoms with E-state index >= 15 is 0 Å². The van der Waals surface area contributed by atoms with Gasteiger partial charge in [0, 0.05) is 24.2 Å². The SMILES string of the molecule is CCc1ccccc1OCC(=O)N1CCC(NC(=O)COc2ccc(Cl)cc2)CC1. The summed E-state index contributed by atoms with van der Waals surface area (Å²) in [7, 11) is 0. The molecule has 1 aliphatic heterocycles. The van der Waals surface area contributed by atoms with Crippen molar-refractivity contribution >= 4 is 23.4 Å². The highest BCUT2D eigenvalue weighted by Crippen LogP contribution is 2.19. The molecule has 0 saturated carbocycles. The van der Waals surface area contributed by atoms with Crippen molar-refractivity contribution in [2.24, 2.45) is 0 Å². The van der Waals surface area contributed by atoms with Crippen LogP contribution in [0.5, 0.6) is 11.5 Å². The van der Waals surface area contributed by atoms with E-state index in [4.69, 9.17) is 21.1 Å². The summed E-state index contributed by atoms with van der Waals surface area (Å²) < 4.78 is 11.2. The predicted octanol–water partition coefficient (Wildman–Crippen LogP) is 3.47. The number of carbonyl (C=O) groups excluding carboxylic acids is 2. The molecule has 2 aromatic carbocycles. The number of ether oxygens (including phenoxy) is 2. The molecule has 0 atom stereocenters. The summed E-state index contributed by atoms with van der Waals surface area (Å²) in [5.74, 6) is 1.15. The Balaban J connectivity index is 1.37. The molecule has 0 spiro atoms. The minimum Gasteiger partial charge on any atom is -0.484 e. The van der Waals surface area contributed by atoms with Crippen LogP contribution in [0.25, 0.3) is 0 Å². The van der Waals surface area contributed by atoms with Gasteiger partial charge in [0.25, 0.3) is 11.8 Å². The maximum absolute atomic E-state index is 12.5. The molecule has 0 unspecified atom stereocenters. The largest absolute Gasteiger partial charge is 0.484 e. The van der Waals surface area contributed by atoms with Gasteiger partial charge in [0.1, 0.15) is 11.5 Å². The maximum Gasteiger partial charge on any atom is 0.260 e. The van der Waals surface area contributed by atoms with E-state index < -0.39 is 0 Å². The summed E-state index contributed by atoms with van der Waals surface area (Å²) in [4.78, 5) is 26.4. The number of likely N-dealkylation sites (tertiary alicyclic amines) is 1. The van der Waals surface area contributed by atoms with Gasteiger partial charge in [-0.2, -0.15) is 0 Å². The summed E-state index contributed by atoms with van der Waals surface area (Å²) in [6, 6.07) is 14.7. The fourth-order valence-corrected chi connectivity index (χ4v) is 3.52. The monoisotopic (exact) mass is 430 g/mol. The smallest absolute Gasteiger partial charge is 0.260 e. The van der Waals surface area contributed by atoms with Gasteiger partial charge in [-0.3, -0.25) is 9.59 Å². The number of rotatable bonds is 8. The van der Waals surface area contributed by atoms with E-state index in [0.717, 1.165) is 17.7 Å². The second kappa shape index (κ2) is 10.9. The minimum atomic E-state index is -0.172. The van der Waals surface area contributed by atoms with E-state index in [1.807, 2.05) is 24.3 Å². The van der Waals surface area contributed by atoms with Crippen LogP contribution in [0.1, 0.15) is 25.3 Å². The van der Waals surface area contributed by atoms with Crippen molar-refractivity contribution in [3.63, 3.8) is 0 Å². The van der Waals surface area contributed by atoms with Crippen LogP contribution in [-0.2, 0) is 16.0 Å². The highest BCUT2D eigenvalue weighted by atomic mass is 35.5. The zero-order valence-electron chi connectivity index (χ0n) is 17.1. The molecule has 160 valence electrons. The van der Waals surface area contributed by atoms with Crippen molar-refractivity contribution in [1.82, 2.24) is 10.2 Å². The second-order valence-electron chi connectivity index (χ2n) is 7.22. The van der Waals surface area contributed by atoms with Crippen molar-refractivity contribution in [2.45, 2.75) is 32.2 Å². The summed E-state index contributed by atoms with van der Waals surface area (Å²) in [5, 5.41) is 3.59. The van der Waals surface area contributed by atoms with Gasteiger partial charge in [-0.25, -0.2) is 0 Å². The number of benzene rings is 2. The van der Waals surface area contributed by atoms with Gasteiger partial charge in [0.15, 0.2) is 13.2 Å². The Bertz CT molecular complexity index is 849. The number of nitrogens with one attached hydrogen (secondary N) is 1. The summed E-state index contributed by atoms with van der Waals surface area (Å²) in [6.07, 6.45) is 2.28. The fourth-order valence-electron chi connectivity index (χ4n) is 3.39. The van der Waals surface area contributed by atoms with E-state index in [-0.39, 0.29) is 31.1 Å². The van der Waals surface area contributed by atoms with Crippen molar-refractivity contribution in [3.05, 3.63) is 59.1 Å². The molecule has 3 rings (SSSR count). The zero-order valence-corrected chi connectivity index (χ0v) is 17.9. The van der Waals surface area contributed by atoms with Crippen LogP contribution in [0.15, 0.2) is 48.5 Å². The van der Waals surface area contributed by atoms with Gasteiger partial charge in [-0.05, 0) is 55.2 Å². The van der Waals surface area contributed by atoms with Crippen LogP contribution in [-0.4, -0.2) is 49.1 Å². The van der Waals surface area contributed by atoms with E-state index in [2.05, 4.69) is 12.2 Å². The van der Waals surface area contributed by atoms with Gasteiger partial charge >= 0.3 is 0 Å². The number of hydrogen-bond donors (Lipinski definition) is 1. The Morgan fingerprint density at radius 1 is 1.03 bits per heavy atom. The van der Waals surface area contributed by atoms with E-state index in [9.17, 15) is 9.59 Å². The van der Waals surface area contributed by atoms with Crippen molar-refractivity contribution in [2.75, 3.05) is 26.3 Å². The van der Waals surface area contributed by atoms with Crippen molar-refractivity contribution in [1.29, 1.82) is 0 Å². The lowest BCUT2D eigenvalue weighted by Crippen LogP contribution is -2.48. The third-order valence-electron chi connectivity index (χ3n) is 5.10. The molecule has 2 amide bonds. The normalized spacial score (nSPS) is 14.3. The minimum absolute atomic E-state index is 0.0307. The average Bonchev–Trinajstić information content (AvgIpc) is 2.77. The predicted molar refractivity (Wildman–Crippen MR) is 116 cm³/mol. The number of nitrogens with zero attached hydrogens (tertiary/aromatic N) is 1. The quantitative estimate of drug-likeness (QED) is 0.696. The molecule has 0 bridgehead atoms. The van der Waals surface area contributed by atoms with Gasteiger partial charge in [-0.1, -0.05) is 36.7 Å². The van der Waals surface area contributed by atoms with Crippen LogP contribution >= 0.6 is 11.6 Å². The molecule has 1 saturated heterocycles. The lowest BCUT2D eigenvalue weighted by atomic mass is 10.1. The molecule has 1 N–H and O–H groups in total. The van der Waals surface area contributed by atoms with Crippen molar-refractivity contribution in [3.8, 4) is 11.5 Å². The summed E-state index contributed by atoms with van der Waals surface area (Å²) in [5.41, 5.74) is 1.09. The number of piperidine rings is 1. The van der Waals surface area contributed by atoms with Crippen LogP contribution in [0.2, 0.25) is 5.02 Å². The molecule has 1 aliphatic rings. The van der Waals surface area contributed by atoms with Gasteiger partial charge in [-0.15, -0.1) is 0 Å². The van der Waals surface area contributed by atoms with E-state index in [0.29, 0.717) is 36.7 Å². The molecule has 0 aliphatic carbocycles. The Morgan fingerprint density at radius 3 is 2.43 bits per heavy atom. The molecular weight excluding hydrogens is 404 g/mol. The molecule has 1 fully saturated rings. The number of halogens is 1. The molecule has 2 aromatic rings. The highest BCUT2D eigenvalue weighted by molar-refractivity contribution is 6.30. The van der Waals surface area contributed by atoms with Crippen LogP contribution in [0, 0.1) is 0 Å². The first-order valence-corrected chi connectivity index (χ1v) is 10.6. The third kappa shape index (κ3) is 6.39. The molecule has 7 heteroatoms. The van der Waals surface area contributed by atoms with Crippen LogP contribution in [0.4, 0.5) is 0 Å². The number of aryl methyl sites for hydroxylation is 1. The number of carbonyl (C=O) groups is 2. The number of hydrogen-bond acceptors (Lipinski definition) is 4. The third-order valence-corrected chi connectivity index (χ3v) is 5.35. The van der Waals surface area contributed by atoms with Gasteiger partial charge in [0.2, 0.25) is 0 Å². The number of amides is 2. The first-order valence-electron chi connectivity index (χ1n) is 10.2. The Hall–Kier alpha value is -2.73. The first kappa shape index (κ1) is 22.0. The van der Waals surface area contributed by atoms with Crippen LogP contribution in [0.3, 0.4) is 0 Å². The molecule has 6 nitrogen and oxygen atoms in total. The molecule has 30 heavy (non-hydrogen) atoms. The van der Waals surface area contributed by atoms with Gasteiger partial charge < -0.3 is 19.7 Å². The number of para-hydroxylation sites is 1. The topological polar surface area (TPSA) is 67.9 Å². The standard InChI is InChI=1S/C23H27ClN2O4/c1-2-17-5-3-4-6-21(17)30-16-23(28)26-13-11-19(12-14-26)25-22(27)15-29-20-9-7-18(24)8-10-20/h3-10,19H,2,11-16H2,1H3,(H,25,27). The fraction of sp³-hybridized carbons (Fsp3) is 0.391. The molecule has 0 aromatic heterocycles. The maximum atomic E-state index is 12.5. The molecule has 1 heterocycles. The Labute approximate surface area is 182 Å². The summed E-state index contributed by atoms with van der Waals surface area (Å²) in [6.45, 7) is 3.24. The lowest BCUT2D eigenvalue weighted by molar-refractivity contribution is -0.134. The average molecular weight is 431 g/mol. The van der Waals surface area contributed by atoms with E-state index in [1.165, 1.54) is 0 Å². The highest BCUT2D eigenvalue weighted by Gasteiger charge is 2.24. The zero-order chi connectivity index (χ0) is 21.3. The first-order chi connectivity index (χ1) is 14.5. The summed E-state index contributed by atoms with van der Waals surface area (Å²) >= 11 is 5.83.